The van der Waals surface area contributed by atoms with Crippen LogP contribution in [0.4, 0.5) is 11.8 Å². The number of hydrogen-bond donors (Lipinski definition) is 4. The van der Waals surface area contributed by atoms with Crippen molar-refractivity contribution >= 4 is 30.5 Å². The highest BCUT2D eigenvalue weighted by atomic mass is 31.2. The summed E-state index contributed by atoms with van der Waals surface area (Å²) >= 11 is 0. The van der Waals surface area contributed by atoms with Crippen molar-refractivity contribution in [3.05, 3.63) is 18.5 Å². The fourth-order valence-corrected chi connectivity index (χ4v) is 3.97. The summed E-state index contributed by atoms with van der Waals surface area (Å²) in [6.07, 6.45) is 3.66. The molecule has 1 aliphatic carbocycles. The van der Waals surface area contributed by atoms with Gasteiger partial charge in [0.25, 0.3) is 0 Å². The first-order valence-corrected chi connectivity index (χ1v) is 9.50. The minimum absolute atomic E-state index is 0.0689. The monoisotopic (exact) mass is 366 g/mol. The van der Waals surface area contributed by atoms with Crippen LogP contribution in [0.15, 0.2) is 18.5 Å². The smallest absolute Gasteiger partial charge is 0.359 e. The fraction of sp³-hybridized carbons (Fsp3) is 0.500. The molecule has 11 heteroatoms. The van der Waals surface area contributed by atoms with Gasteiger partial charge in [0.05, 0.1) is 19.5 Å². The normalized spacial score (nSPS) is 24.2. The Morgan fingerprint density at radius 3 is 2.84 bits per heavy atom. The van der Waals surface area contributed by atoms with Crippen LogP contribution < -0.4 is 11.1 Å². The molecule has 0 unspecified atom stereocenters. The maximum atomic E-state index is 12.1. The molecule has 3 heterocycles. The summed E-state index contributed by atoms with van der Waals surface area (Å²) in [6, 6.07) is 0.352. The summed E-state index contributed by atoms with van der Waals surface area (Å²) in [5.41, 5.74) is 7.35. The summed E-state index contributed by atoms with van der Waals surface area (Å²) in [5.74, 6) is 0.602. The lowest BCUT2D eigenvalue weighted by molar-refractivity contribution is 0.0377. The van der Waals surface area contributed by atoms with E-state index in [1.54, 1.807) is 4.57 Å². The molecule has 2 aromatic rings. The lowest BCUT2D eigenvalue weighted by Crippen LogP contribution is -2.33. The number of fused-ring (bicyclic) bond motifs is 1. The van der Waals surface area contributed by atoms with Gasteiger partial charge in [0.1, 0.15) is 0 Å². The van der Waals surface area contributed by atoms with Crippen molar-refractivity contribution in [3.63, 3.8) is 0 Å². The van der Waals surface area contributed by atoms with E-state index in [9.17, 15) is 14.4 Å². The molecule has 0 aromatic carbocycles. The lowest BCUT2D eigenvalue weighted by Gasteiger charge is -2.29. The van der Waals surface area contributed by atoms with Crippen LogP contribution >= 0.6 is 7.60 Å². The van der Waals surface area contributed by atoms with Gasteiger partial charge in [-0.15, -0.1) is 0 Å². The van der Waals surface area contributed by atoms with E-state index in [4.69, 9.17) is 10.5 Å². The molecule has 0 spiro atoms. The van der Waals surface area contributed by atoms with Crippen LogP contribution in [-0.4, -0.2) is 47.3 Å². The van der Waals surface area contributed by atoms with Gasteiger partial charge in [-0.3, -0.25) is 4.57 Å². The largest absolute Gasteiger partial charge is 0.368 e. The highest BCUT2D eigenvalue weighted by Gasteiger charge is 2.52. The van der Waals surface area contributed by atoms with Crippen LogP contribution in [0.5, 0.6) is 0 Å². The highest BCUT2D eigenvalue weighted by Crippen LogP contribution is 2.58. The van der Waals surface area contributed by atoms with Gasteiger partial charge in [0.2, 0.25) is 5.95 Å². The molecular weight excluding hydrogens is 347 g/mol. The average molecular weight is 366 g/mol. The molecule has 10 nitrogen and oxygen atoms in total. The number of aromatic nitrogens is 4. The van der Waals surface area contributed by atoms with Gasteiger partial charge < -0.3 is 30.1 Å². The summed E-state index contributed by atoms with van der Waals surface area (Å²) < 4.78 is 19.1. The number of rotatable bonds is 5. The first kappa shape index (κ1) is 16.5. The van der Waals surface area contributed by atoms with Gasteiger partial charge in [-0.1, -0.05) is 6.58 Å². The Labute approximate surface area is 143 Å². The van der Waals surface area contributed by atoms with Crippen molar-refractivity contribution in [2.75, 3.05) is 17.7 Å². The standard InChI is InChI=1S/C14H19N6O4P/c1-8-4-14(24-5-8,25(21,22)23)6-20-7-16-10-11(17-9-2-3-9)18-13(15)19-12(10)20/h7,9H,1-6H2,(H2,21,22,23)(H3,15,17,18,19)/t14-/m0/s1. The number of nitrogen functional groups attached to an aromatic ring is 1. The molecule has 0 bridgehead atoms. The minimum atomic E-state index is -4.56. The number of hydrogen-bond acceptors (Lipinski definition) is 7. The van der Waals surface area contributed by atoms with Crippen molar-refractivity contribution in [1.82, 2.24) is 19.5 Å². The van der Waals surface area contributed by atoms with E-state index in [-0.39, 0.29) is 25.5 Å². The molecule has 2 fully saturated rings. The Bertz CT molecular complexity index is 904. The molecule has 0 radical (unpaired) electrons. The number of anilines is 2. The third kappa shape index (κ3) is 2.91. The molecule has 134 valence electrons. The second kappa shape index (κ2) is 5.50. The number of ether oxygens (including phenoxy) is 1. The van der Waals surface area contributed by atoms with Crippen LogP contribution in [0.1, 0.15) is 19.3 Å². The van der Waals surface area contributed by atoms with E-state index in [0.29, 0.717) is 28.6 Å². The molecule has 1 saturated heterocycles. The maximum Gasteiger partial charge on any atom is 0.359 e. The highest BCUT2D eigenvalue weighted by molar-refractivity contribution is 7.53. The van der Waals surface area contributed by atoms with Gasteiger partial charge in [0.15, 0.2) is 22.3 Å². The molecule has 1 saturated carbocycles. The van der Waals surface area contributed by atoms with Gasteiger partial charge in [-0.05, 0) is 18.4 Å². The molecular formula is C14H19N6O4P. The van der Waals surface area contributed by atoms with E-state index in [0.717, 1.165) is 12.8 Å². The Morgan fingerprint density at radius 1 is 1.48 bits per heavy atom. The predicted molar refractivity (Wildman–Crippen MR) is 90.9 cm³/mol. The molecule has 2 aromatic heterocycles. The zero-order chi connectivity index (χ0) is 17.8. The van der Waals surface area contributed by atoms with Crippen molar-refractivity contribution in [1.29, 1.82) is 0 Å². The molecule has 1 aliphatic heterocycles. The van der Waals surface area contributed by atoms with Gasteiger partial charge in [-0.25, -0.2) is 4.98 Å². The first-order valence-electron chi connectivity index (χ1n) is 7.88. The second-order valence-electron chi connectivity index (χ2n) is 6.60. The van der Waals surface area contributed by atoms with E-state index in [2.05, 4.69) is 26.8 Å². The lowest BCUT2D eigenvalue weighted by atomic mass is 10.2. The van der Waals surface area contributed by atoms with Crippen LogP contribution in [0.2, 0.25) is 0 Å². The summed E-state index contributed by atoms with van der Waals surface area (Å²) in [6.45, 7) is 3.78. The van der Waals surface area contributed by atoms with Gasteiger partial charge in [-0.2, -0.15) is 9.97 Å². The Hall–Kier alpha value is -2.00. The van der Waals surface area contributed by atoms with Crippen molar-refractivity contribution in [2.45, 2.75) is 37.2 Å². The zero-order valence-electron chi connectivity index (χ0n) is 13.4. The molecule has 0 amide bonds. The summed E-state index contributed by atoms with van der Waals surface area (Å²) in [7, 11) is -4.56. The second-order valence-corrected chi connectivity index (χ2v) is 8.50. The Kier molecular flexibility index (Phi) is 3.62. The van der Waals surface area contributed by atoms with Crippen LogP contribution in [0.3, 0.4) is 0 Å². The predicted octanol–water partition coefficient (Wildman–Crippen LogP) is 0.833. The van der Waals surface area contributed by atoms with E-state index >= 15 is 0 Å². The molecule has 2 aliphatic rings. The van der Waals surface area contributed by atoms with Crippen molar-refractivity contribution in [2.24, 2.45) is 0 Å². The molecule has 5 N–H and O–H groups in total. The molecule has 25 heavy (non-hydrogen) atoms. The van der Waals surface area contributed by atoms with E-state index in [1.807, 2.05) is 0 Å². The van der Waals surface area contributed by atoms with Crippen molar-refractivity contribution < 1.29 is 19.1 Å². The maximum absolute atomic E-state index is 12.1. The third-order valence-corrected chi connectivity index (χ3v) is 5.91. The number of nitrogens with two attached hydrogens (primary N) is 1. The minimum Gasteiger partial charge on any atom is -0.368 e. The SMILES string of the molecule is C=C1CO[C@](Cn2cnc3c(NC4CC4)nc(N)nc32)(P(=O)(O)O)C1. The van der Waals surface area contributed by atoms with Crippen LogP contribution in [0.25, 0.3) is 11.2 Å². The Morgan fingerprint density at radius 2 is 2.24 bits per heavy atom. The third-order valence-electron chi connectivity index (χ3n) is 4.42. The first-order chi connectivity index (χ1) is 11.8. The van der Waals surface area contributed by atoms with Crippen LogP contribution in [0, 0.1) is 0 Å². The topological polar surface area (TPSA) is 148 Å². The Balaban J connectivity index is 1.75. The number of nitrogens with one attached hydrogen (secondary N) is 1. The average Bonchev–Trinajstić information content (AvgIpc) is 3.11. The molecule has 4 rings (SSSR count). The fourth-order valence-electron chi connectivity index (χ4n) is 2.97. The van der Waals surface area contributed by atoms with Gasteiger partial charge >= 0.3 is 7.60 Å². The zero-order valence-corrected chi connectivity index (χ0v) is 14.3. The summed E-state index contributed by atoms with van der Waals surface area (Å²) in [4.78, 5) is 32.4. The van der Waals surface area contributed by atoms with Crippen LogP contribution in [-0.2, 0) is 15.8 Å². The molecule has 1 atom stereocenters. The van der Waals surface area contributed by atoms with Gasteiger partial charge in [0, 0.05) is 12.5 Å². The van der Waals surface area contributed by atoms with Crippen molar-refractivity contribution in [3.8, 4) is 0 Å². The number of imidazole rings is 1. The number of nitrogens with zero attached hydrogens (tertiary/aromatic N) is 4. The quantitative estimate of drug-likeness (QED) is 0.446. The van der Waals surface area contributed by atoms with E-state index in [1.165, 1.54) is 6.33 Å². The summed E-state index contributed by atoms with van der Waals surface area (Å²) in [5, 5.41) is 1.58. The van der Waals surface area contributed by atoms with E-state index < -0.39 is 12.9 Å².